The Labute approximate surface area is 137 Å². The Morgan fingerprint density at radius 1 is 1.38 bits per heavy atom. The Bertz CT molecular complexity index is 743. The number of carbonyl (C=O) groups is 1. The standard InChI is InChI=1S/C14H17F3N2O4S/c1-23-12(20)10-4-3-9(7-11(10)14(15,16)17)24(21,22)19-8-13(18)5-2-6-13/h3-4,7,19H,2,5-6,8,18H2,1H3. The second-order valence-corrected chi connectivity index (χ2v) is 7.50. The molecule has 0 aromatic heterocycles. The van der Waals surface area contributed by atoms with E-state index in [9.17, 15) is 26.4 Å². The van der Waals surface area contributed by atoms with Crippen molar-refractivity contribution in [2.75, 3.05) is 13.7 Å². The Morgan fingerprint density at radius 3 is 2.46 bits per heavy atom. The van der Waals surface area contributed by atoms with E-state index in [-0.39, 0.29) is 6.54 Å². The molecule has 0 heterocycles. The van der Waals surface area contributed by atoms with Gasteiger partial charge in [-0.05, 0) is 37.5 Å². The molecule has 0 saturated heterocycles. The molecule has 0 radical (unpaired) electrons. The van der Waals surface area contributed by atoms with Gasteiger partial charge < -0.3 is 10.5 Å². The fourth-order valence-electron chi connectivity index (χ4n) is 2.34. The van der Waals surface area contributed by atoms with Crippen LogP contribution >= 0.6 is 0 Å². The molecule has 0 bridgehead atoms. The predicted octanol–water partition coefficient (Wildman–Crippen LogP) is 1.65. The van der Waals surface area contributed by atoms with Crippen LogP contribution in [0.25, 0.3) is 0 Å². The lowest BCUT2D eigenvalue weighted by Crippen LogP contribution is -2.54. The van der Waals surface area contributed by atoms with Gasteiger partial charge in [-0.1, -0.05) is 0 Å². The molecule has 0 unspecified atom stereocenters. The van der Waals surface area contributed by atoms with Crippen LogP contribution in [-0.4, -0.2) is 33.6 Å². The molecule has 1 saturated carbocycles. The van der Waals surface area contributed by atoms with Crippen LogP contribution in [-0.2, 0) is 20.9 Å². The van der Waals surface area contributed by atoms with Gasteiger partial charge in [0.25, 0.3) is 0 Å². The number of methoxy groups -OCH3 is 1. The van der Waals surface area contributed by atoms with Crippen LogP contribution in [0, 0.1) is 0 Å². The van der Waals surface area contributed by atoms with Crippen LogP contribution in [0.2, 0.25) is 0 Å². The van der Waals surface area contributed by atoms with E-state index in [0.29, 0.717) is 18.9 Å². The molecule has 3 N–H and O–H groups in total. The summed E-state index contributed by atoms with van der Waals surface area (Å²) in [6.45, 7) is -0.0601. The number of esters is 1. The van der Waals surface area contributed by atoms with E-state index in [1.807, 2.05) is 0 Å². The molecular weight excluding hydrogens is 349 g/mol. The molecule has 134 valence electrons. The molecule has 0 aliphatic heterocycles. The molecule has 2 rings (SSSR count). The molecule has 0 amide bonds. The molecule has 0 atom stereocenters. The highest BCUT2D eigenvalue weighted by Crippen LogP contribution is 2.34. The largest absolute Gasteiger partial charge is 0.465 e. The third-order valence-electron chi connectivity index (χ3n) is 3.98. The zero-order chi connectivity index (χ0) is 18.2. The monoisotopic (exact) mass is 366 g/mol. The second kappa shape index (κ2) is 6.34. The summed E-state index contributed by atoms with van der Waals surface area (Å²) in [5.41, 5.74) is 3.12. The van der Waals surface area contributed by atoms with E-state index < -0.39 is 43.7 Å². The fourth-order valence-corrected chi connectivity index (χ4v) is 3.51. The quantitative estimate of drug-likeness (QED) is 0.772. The summed E-state index contributed by atoms with van der Waals surface area (Å²) < 4.78 is 70.2. The maximum absolute atomic E-state index is 13.1. The minimum Gasteiger partial charge on any atom is -0.465 e. The number of carbonyl (C=O) groups excluding carboxylic acids is 1. The number of nitrogens with one attached hydrogen (secondary N) is 1. The average molecular weight is 366 g/mol. The summed E-state index contributed by atoms with van der Waals surface area (Å²) in [7, 11) is -3.25. The van der Waals surface area contributed by atoms with Gasteiger partial charge in [0, 0.05) is 12.1 Å². The van der Waals surface area contributed by atoms with Crippen LogP contribution in [0.4, 0.5) is 13.2 Å². The number of halogens is 3. The lowest BCUT2D eigenvalue weighted by molar-refractivity contribution is -0.138. The van der Waals surface area contributed by atoms with E-state index in [0.717, 1.165) is 25.7 Å². The summed E-state index contributed by atoms with van der Waals surface area (Å²) in [6.07, 6.45) is -2.74. The zero-order valence-electron chi connectivity index (χ0n) is 12.8. The van der Waals surface area contributed by atoms with Gasteiger partial charge in [0.05, 0.1) is 23.1 Å². The van der Waals surface area contributed by atoms with E-state index in [1.165, 1.54) is 0 Å². The first-order chi connectivity index (χ1) is 11.0. The number of rotatable bonds is 5. The van der Waals surface area contributed by atoms with Gasteiger partial charge in [-0.15, -0.1) is 0 Å². The van der Waals surface area contributed by atoms with Gasteiger partial charge >= 0.3 is 12.1 Å². The van der Waals surface area contributed by atoms with E-state index >= 15 is 0 Å². The van der Waals surface area contributed by atoms with Crippen molar-refractivity contribution in [3.63, 3.8) is 0 Å². The van der Waals surface area contributed by atoms with Gasteiger partial charge in [-0.25, -0.2) is 17.9 Å². The van der Waals surface area contributed by atoms with Crippen LogP contribution in [0.15, 0.2) is 23.1 Å². The first-order valence-electron chi connectivity index (χ1n) is 7.07. The van der Waals surface area contributed by atoms with Crippen molar-refractivity contribution < 1.29 is 31.1 Å². The normalized spacial score (nSPS) is 17.2. The molecule has 24 heavy (non-hydrogen) atoms. The minimum atomic E-state index is -4.90. The van der Waals surface area contributed by atoms with Crippen molar-refractivity contribution in [1.82, 2.24) is 4.72 Å². The highest BCUT2D eigenvalue weighted by atomic mass is 32.2. The van der Waals surface area contributed by atoms with E-state index in [2.05, 4.69) is 9.46 Å². The third-order valence-corrected chi connectivity index (χ3v) is 5.37. The van der Waals surface area contributed by atoms with Crippen molar-refractivity contribution in [3.05, 3.63) is 29.3 Å². The number of hydrogen-bond donors (Lipinski definition) is 2. The predicted molar refractivity (Wildman–Crippen MR) is 78.7 cm³/mol. The lowest BCUT2D eigenvalue weighted by atomic mass is 9.78. The van der Waals surface area contributed by atoms with Gasteiger partial charge in [0.2, 0.25) is 10.0 Å². The molecule has 1 aliphatic carbocycles. The van der Waals surface area contributed by atoms with Crippen molar-refractivity contribution in [2.45, 2.75) is 35.9 Å². The maximum Gasteiger partial charge on any atom is 0.417 e. The summed E-state index contributed by atoms with van der Waals surface area (Å²) in [4.78, 5) is 10.8. The third kappa shape index (κ3) is 3.87. The van der Waals surface area contributed by atoms with Gasteiger partial charge in [-0.2, -0.15) is 13.2 Å². The summed E-state index contributed by atoms with van der Waals surface area (Å²) >= 11 is 0. The Hall–Kier alpha value is -1.65. The van der Waals surface area contributed by atoms with E-state index in [4.69, 9.17) is 5.73 Å². The molecular formula is C14H17F3N2O4S. The van der Waals surface area contributed by atoms with Crippen molar-refractivity contribution in [2.24, 2.45) is 5.73 Å². The number of alkyl halides is 3. The topological polar surface area (TPSA) is 98.5 Å². The zero-order valence-corrected chi connectivity index (χ0v) is 13.6. The van der Waals surface area contributed by atoms with Crippen LogP contribution < -0.4 is 10.5 Å². The SMILES string of the molecule is COC(=O)c1ccc(S(=O)(=O)NCC2(N)CCC2)cc1C(F)(F)F. The maximum atomic E-state index is 13.1. The van der Waals surface area contributed by atoms with Crippen LogP contribution in [0.1, 0.15) is 35.2 Å². The molecule has 6 nitrogen and oxygen atoms in total. The van der Waals surface area contributed by atoms with Crippen LogP contribution in [0.5, 0.6) is 0 Å². The molecule has 1 aliphatic rings. The Kier molecular flexibility index (Phi) is 4.93. The molecule has 10 heteroatoms. The number of hydrogen-bond acceptors (Lipinski definition) is 5. The molecule has 1 aromatic rings. The number of ether oxygens (including phenoxy) is 1. The number of benzene rings is 1. The Balaban J connectivity index is 2.34. The molecule has 0 spiro atoms. The van der Waals surface area contributed by atoms with Gasteiger partial charge in [0.1, 0.15) is 0 Å². The first kappa shape index (κ1) is 18.7. The average Bonchev–Trinajstić information content (AvgIpc) is 2.49. The summed E-state index contributed by atoms with van der Waals surface area (Å²) in [5.74, 6) is -1.20. The van der Waals surface area contributed by atoms with Crippen molar-refractivity contribution in [1.29, 1.82) is 0 Å². The fraction of sp³-hybridized carbons (Fsp3) is 0.500. The van der Waals surface area contributed by atoms with Crippen molar-refractivity contribution >= 4 is 16.0 Å². The summed E-state index contributed by atoms with van der Waals surface area (Å²) in [5, 5.41) is 0. The smallest absolute Gasteiger partial charge is 0.417 e. The highest BCUT2D eigenvalue weighted by Gasteiger charge is 2.38. The lowest BCUT2D eigenvalue weighted by Gasteiger charge is -2.38. The van der Waals surface area contributed by atoms with Crippen LogP contribution in [0.3, 0.4) is 0 Å². The number of sulfonamides is 1. The Morgan fingerprint density at radius 2 is 2.00 bits per heavy atom. The molecule has 1 aromatic carbocycles. The van der Waals surface area contributed by atoms with Crippen molar-refractivity contribution in [3.8, 4) is 0 Å². The van der Waals surface area contributed by atoms with E-state index in [1.54, 1.807) is 0 Å². The first-order valence-corrected chi connectivity index (χ1v) is 8.55. The molecule has 1 fully saturated rings. The second-order valence-electron chi connectivity index (χ2n) is 5.74. The van der Waals surface area contributed by atoms with Gasteiger partial charge in [-0.3, -0.25) is 0 Å². The minimum absolute atomic E-state index is 0.0601. The summed E-state index contributed by atoms with van der Waals surface area (Å²) in [6, 6.07) is 2.12. The number of nitrogens with two attached hydrogens (primary N) is 1. The van der Waals surface area contributed by atoms with Gasteiger partial charge in [0.15, 0.2) is 0 Å². The highest BCUT2D eigenvalue weighted by molar-refractivity contribution is 7.89.